The van der Waals surface area contributed by atoms with E-state index in [-0.39, 0.29) is 18.4 Å². The number of nitrogens with zero attached hydrogens (tertiary/aromatic N) is 2. The average Bonchev–Trinajstić information content (AvgIpc) is 2.87. The third-order valence-corrected chi connectivity index (χ3v) is 5.23. The molecule has 1 spiro atoms. The second kappa shape index (κ2) is 8.36. The Hall–Kier alpha value is -2.65. The van der Waals surface area contributed by atoms with E-state index in [1.54, 1.807) is 0 Å². The van der Waals surface area contributed by atoms with Crippen LogP contribution >= 0.6 is 0 Å². The van der Waals surface area contributed by atoms with Crippen molar-refractivity contribution in [2.24, 2.45) is 5.92 Å². The lowest BCUT2D eigenvalue weighted by Gasteiger charge is -2.36. The fraction of sp³-hybridized carbons (Fsp3) is 0.706. The Morgan fingerprint density at radius 2 is 2.04 bits per heavy atom. The molecule has 10 nitrogen and oxygen atoms in total. The summed E-state index contributed by atoms with van der Waals surface area (Å²) in [4.78, 5) is 62.0. The lowest BCUT2D eigenvalue weighted by atomic mass is 9.73. The number of imide groups is 1. The van der Waals surface area contributed by atoms with Gasteiger partial charge in [-0.3, -0.25) is 24.1 Å². The van der Waals surface area contributed by atoms with Crippen molar-refractivity contribution in [3.63, 3.8) is 0 Å². The fourth-order valence-electron chi connectivity index (χ4n) is 3.45. The molecular formula is C17H26N4O6. The number of hydrogen-bond donors (Lipinski definition) is 2. The van der Waals surface area contributed by atoms with Gasteiger partial charge in [-0.1, -0.05) is 19.8 Å². The van der Waals surface area contributed by atoms with Gasteiger partial charge in [-0.05, 0) is 18.8 Å². The molecule has 2 fully saturated rings. The SMILES string of the molecule is CNC(=O)CN(C)C(=O)COC(=O)CN1C(=O)N[C@]2(CCCC[C@@H]2C)C1=O. The van der Waals surface area contributed by atoms with Crippen LogP contribution in [0.4, 0.5) is 4.79 Å². The Bertz CT molecular complexity index is 651. The Balaban J connectivity index is 1.88. The van der Waals surface area contributed by atoms with Crippen LogP contribution in [0.15, 0.2) is 0 Å². The first-order chi connectivity index (χ1) is 12.7. The molecule has 2 N–H and O–H groups in total. The average molecular weight is 382 g/mol. The number of rotatable bonds is 6. The third kappa shape index (κ3) is 4.37. The van der Waals surface area contributed by atoms with Crippen LogP contribution in [0.3, 0.4) is 0 Å². The van der Waals surface area contributed by atoms with E-state index < -0.39 is 42.5 Å². The molecule has 1 aliphatic carbocycles. The quantitative estimate of drug-likeness (QED) is 0.459. The molecule has 27 heavy (non-hydrogen) atoms. The maximum atomic E-state index is 12.8. The van der Waals surface area contributed by atoms with Crippen LogP contribution < -0.4 is 10.6 Å². The highest BCUT2D eigenvalue weighted by Gasteiger charge is 2.55. The minimum atomic E-state index is -0.945. The Kier molecular flexibility index (Phi) is 6.40. The molecule has 0 aromatic heterocycles. The molecule has 1 saturated carbocycles. The number of carbonyl (C=O) groups excluding carboxylic acids is 5. The van der Waals surface area contributed by atoms with Gasteiger partial charge in [-0.15, -0.1) is 0 Å². The zero-order valence-corrected chi connectivity index (χ0v) is 15.9. The number of esters is 1. The highest BCUT2D eigenvalue weighted by molar-refractivity contribution is 6.09. The van der Waals surface area contributed by atoms with Crippen LogP contribution in [0, 0.1) is 5.92 Å². The highest BCUT2D eigenvalue weighted by atomic mass is 16.5. The minimum absolute atomic E-state index is 0.0105. The highest BCUT2D eigenvalue weighted by Crippen LogP contribution is 2.38. The number of likely N-dealkylation sites (N-methyl/N-ethyl adjacent to an activating group) is 2. The van der Waals surface area contributed by atoms with E-state index in [0.29, 0.717) is 6.42 Å². The monoisotopic (exact) mass is 382 g/mol. The molecule has 150 valence electrons. The number of ether oxygens (including phenoxy) is 1. The summed E-state index contributed by atoms with van der Waals surface area (Å²) >= 11 is 0. The van der Waals surface area contributed by atoms with Crippen LogP contribution in [0.1, 0.15) is 32.6 Å². The minimum Gasteiger partial charge on any atom is -0.454 e. The molecule has 5 amide bonds. The van der Waals surface area contributed by atoms with E-state index >= 15 is 0 Å². The van der Waals surface area contributed by atoms with Crippen molar-refractivity contribution < 1.29 is 28.7 Å². The molecular weight excluding hydrogens is 356 g/mol. The molecule has 0 bridgehead atoms. The van der Waals surface area contributed by atoms with Crippen LogP contribution in [0.5, 0.6) is 0 Å². The van der Waals surface area contributed by atoms with Gasteiger partial charge in [-0.25, -0.2) is 4.79 Å². The van der Waals surface area contributed by atoms with Crippen molar-refractivity contribution in [1.29, 1.82) is 0 Å². The summed E-state index contributed by atoms with van der Waals surface area (Å²) in [6, 6.07) is -0.617. The predicted octanol–water partition coefficient (Wildman–Crippen LogP) is -0.765. The molecule has 1 aliphatic heterocycles. The molecule has 0 unspecified atom stereocenters. The van der Waals surface area contributed by atoms with Gasteiger partial charge in [0.05, 0.1) is 6.54 Å². The summed E-state index contributed by atoms with van der Waals surface area (Å²) in [5.41, 5.74) is -0.945. The van der Waals surface area contributed by atoms with Crippen LogP contribution in [0.25, 0.3) is 0 Å². The van der Waals surface area contributed by atoms with Crippen LogP contribution in [-0.2, 0) is 23.9 Å². The van der Waals surface area contributed by atoms with E-state index in [4.69, 9.17) is 4.74 Å². The Morgan fingerprint density at radius 3 is 2.67 bits per heavy atom. The van der Waals surface area contributed by atoms with Gasteiger partial charge in [-0.2, -0.15) is 0 Å². The zero-order chi connectivity index (χ0) is 20.2. The lowest BCUT2D eigenvalue weighted by Crippen LogP contribution is -2.54. The van der Waals surface area contributed by atoms with Crippen molar-refractivity contribution in [2.75, 3.05) is 33.8 Å². The van der Waals surface area contributed by atoms with E-state index in [1.165, 1.54) is 14.1 Å². The smallest absolute Gasteiger partial charge is 0.326 e. The summed E-state index contributed by atoms with van der Waals surface area (Å²) in [5, 5.41) is 5.12. The molecule has 2 aliphatic rings. The molecule has 0 aromatic rings. The van der Waals surface area contributed by atoms with Gasteiger partial charge >= 0.3 is 12.0 Å². The lowest BCUT2D eigenvalue weighted by molar-refractivity contribution is -0.154. The van der Waals surface area contributed by atoms with Crippen molar-refractivity contribution in [3.05, 3.63) is 0 Å². The molecule has 0 radical (unpaired) electrons. The maximum absolute atomic E-state index is 12.8. The summed E-state index contributed by atoms with van der Waals surface area (Å²) in [7, 11) is 2.84. The molecule has 0 aromatic carbocycles. The molecule has 2 rings (SSSR count). The van der Waals surface area contributed by atoms with Crippen LogP contribution in [-0.4, -0.2) is 78.9 Å². The van der Waals surface area contributed by atoms with Gasteiger partial charge in [0.1, 0.15) is 12.1 Å². The first kappa shape index (κ1) is 20.7. The van der Waals surface area contributed by atoms with E-state index in [1.807, 2.05) is 6.92 Å². The number of urea groups is 1. The van der Waals surface area contributed by atoms with Crippen molar-refractivity contribution in [3.8, 4) is 0 Å². The van der Waals surface area contributed by atoms with Crippen molar-refractivity contribution in [1.82, 2.24) is 20.4 Å². The predicted molar refractivity (Wildman–Crippen MR) is 93.3 cm³/mol. The normalized spacial score (nSPS) is 24.6. The van der Waals surface area contributed by atoms with Gasteiger partial charge in [0.15, 0.2) is 6.61 Å². The topological polar surface area (TPSA) is 125 Å². The fourth-order valence-corrected chi connectivity index (χ4v) is 3.45. The summed E-state index contributed by atoms with van der Waals surface area (Å²) in [6.45, 7) is 0.628. The van der Waals surface area contributed by atoms with E-state index in [2.05, 4.69) is 10.6 Å². The Labute approximate surface area is 157 Å². The molecule has 10 heteroatoms. The molecule has 1 heterocycles. The second-order valence-electron chi connectivity index (χ2n) is 7.02. The van der Waals surface area contributed by atoms with E-state index in [0.717, 1.165) is 29.1 Å². The largest absolute Gasteiger partial charge is 0.454 e. The van der Waals surface area contributed by atoms with E-state index in [9.17, 15) is 24.0 Å². The van der Waals surface area contributed by atoms with Gasteiger partial charge < -0.3 is 20.3 Å². The summed E-state index contributed by atoms with van der Waals surface area (Å²) in [6.07, 6.45) is 3.21. The van der Waals surface area contributed by atoms with Gasteiger partial charge in [0, 0.05) is 14.1 Å². The van der Waals surface area contributed by atoms with Crippen molar-refractivity contribution >= 4 is 29.7 Å². The number of carbonyl (C=O) groups is 5. The van der Waals surface area contributed by atoms with Gasteiger partial charge in [0.25, 0.3) is 11.8 Å². The molecule has 2 atom stereocenters. The zero-order valence-electron chi connectivity index (χ0n) is 15.9. The first-order valence-electron chi connectivity index (χ1n) is 8.95. The number of nitrogens with one attached hydrogen (secondary N) is 2. The maximum Gasteiger partial charge on any atom is 0.326 e. The summed E-state index contributed by atoms with van der Waals surface area (Å²) in [5.74, 6) is -2.21. The first-order valence-corrected chi connectivity index (χ1v) is 8.95. The number of amides is 5. The Morgan fingerprint density at radius 1 is 1.33 bits per heavy atom. The molecule has 1 saturated heterocycles. The van der Waals surface area contributed by atoms with Crippen LogP contribution in [0.2, 0.25) is 0 Å². The second-order valence-corrected chi connectivity index (χ2v) is 7.02. The summed E-state index contributed by atoms with van der Waals surface area (Å²) < 4.78 is 4.87. The third-order valence-electron chi connectivity index (χ3n) is 5.23. The standard InChI is InChI=1S/C17H26N4O6/c1-11-6-4-5-7-17(11)15(25)21(16(26)19-17)9-14(24)27-10-13(23)20(3)8-12(22)18-2/h11H,4-10H2,1-3H3,(H,18,22)(H,19,26)/t11-,17-/m0/s1. The van der Waals surface area contributed by atoms with Gasteiger partial charge in [0.2, 0.25) is 5.91 Å². The van der Waals surface area contributed by atoms with Crippen molar-refractivity contribution in [2.45, 2.75) is 38.1 Å². The number of hydrogen-bond acceptors (Lipinski definition) is 6.